The number of rotatable bonds is 5. The first-order chi connectivity index (χ1) is 16.8. The van der Waals surface area contributed by atoms with Gasteiger partial charge in [0.25, 0.3) is 5.91 Å². The molecule has 3 aromatic rings. The zero-order valence-corrected chi connectivity index (χ0v) is 19.0. The summed E-state index contributed by atoms with van der Waals surface area (Å²) in [6.45, 7) is 2.92. The first kappa shape index (κ1) is 23.2. The number of aryl methyl sites for hydroxylation is 1. The van der Waals surface area contributed by atoms with Gasteiger partial charge in [-0.1, -0.05) is 24.3 Å². The van der Waals surface area contributed by atoms with Gasteiger partial charge in [-0.15, -0.1) is 0 Å². The lowest BCUT2D eigenvalue weighted by atomic mass is 9.74. The van der Waals surface area contributed by atoms with E-state index in [0.29, 0.717) is 43.1 Å². The summed E-state index contributed by atoms with van der Waals surface area (Å²) in [4.78, 5) is 13.1. The third-order valence-electron chi connectivity index (χ3n) is 6.65. The highest BCUT2D eigenvalue weighted by molar-refractivity contribution is 5.95. The number of amides is 1. The second kappa shape index (κ2) is 8.92. The van der Waals surface area contributed by atoms with Crippen molar-refractivity contribution in [2.75, 3.05) is 26.6 Å². The number of nitrogens with zero attached hydrogens (tertiary/aromatic N) is 2. The predicted molar refractivity (Wildman–Crippen MR) is 120 cm³/mol. The van der Waals surface area contributed by atoms with E-state index in [4.69, 9.17) is 14.2 Å². The molecular weight excluding hydrogens is 463 g/mol. The Bertz CT molecular complexity index is 1250. The number of benzene rings is 2. The molecule has 10 heteroatoms. The van der Waals surface area contributed by atoms with Crippen molar-refractivity contribution in [1.82, 2.24) is 15.1 Å². The van der Waals surface area contributed by atoms with Crippen molar-refractivity contribution in [2.24, 2.45) is 0 Å². The minimum atomic E-state index is -4.78. The van der Waals surface area contributed by atoms with Gasteiger partial charge in [-0.25, -0.2) is 4.68 Å². The fourth-order valence-corrected chi connectivity index (χ4v) is 4.67. The molecule has 1 saturated heterocycles. The molecule has 5 rings (SSSR count). The first-order valence-corrected chi connectivity index (χ1v) is 11.3. The molecule has 2 aliphatic rings. The number of fused-ring (bicyclic) bond motifs is 1. The Hall–Kier alpha value is -3.53. The molecule has 0 aliphatic carbocycles. The predicted octanol–water partition coefficient (Wildman–Crippen LogP) is 4.41. The standard InChI is InChI=1S/C25H24F3N3O4/c1-16-4-2-3-5-19(16)31-22(25(26,27)28)18(13-30-31)23(32)29-14-24(8-10-33-11-9-24)17-6-7-20-21(12-17)35-15-34-20/h2-7,12-13H,8-11,14-15H2,1H3,(H,29,32). The fraction of sp³-hybridized carbons (Fsp3) is 0.360. The summed E-state index contributed by atoms with van der Waals surface area (Å²) in [6, 6.07) is 12.2. The Morgan fingerprint density at radius 3 is 2.60 bits per heavy atom. The molecule has 1 amide bonds. The van der Waals surface area contributed by atoms with Gasteiger partial charge in [0, 0.05) is 25.2 Å². The minimum absolute atomic E-state index is 0.136. The van der Waals surface area contributed by atoms with Crippen LogP contribution in [0.4, 0.5) is 13.2 Å². The number of hydrogen-bond acceptors (Lipinski definition) is 5. The zero-order chi connectivity index (χ0) is 24.6. The van der Waals surface area contributed by atoms with Crippen LogP contribution in [0.1, 0.15) is 40.0 Å². The van der Waals surface area contributed by atoms with Crippen molar-refractivity contribution in [2.45, 2.75) is 31.4 Å². The van der Waals surface area contributed by atoms with Gasteiger partial charge >= 0.3 is 6.18 Å². The Morgan fingerprint density at radius 2 is 1.86 bits per heavy atom. The fourth-order valence-electron chi connectivity index (χ4n) is 4.67. The largest absolute Gasteiger partial charge is 0.454 e. The summed E-state index contributed by atoms with van der Waals surface area (Å²) >= 11 is 0. The second-order valence-electron chi connectivity index (χ2n) is 8.75. The van der Waals surface area contributed by atoms with E-state index in [0.717, 1.165) is 16.4 Å². The molecule has 0 saturated carbocycles. The maximum Gasteiger partial charge on any atom is 0.434 e. The van der Waals surface area contributed by atoms with E-state index < -0.39 is 28.8 Å². The van der Waals surface area contributed by atoms with Crippen molar-refractivity contribution in [1.29, 1.82) is 0 Å². The molecule has 1 N–H and O–H groups in total. The average Bonchev–Trinajstić information content (AvgIpc) is 3.50. The number of nitrogens with one attached hydrogen (secondary N) is 1. The number of alkyl halides is 3. The number of carbonyl (C=O) groups excluding carboxylic acids is 1. The molecule has 0 radical (unpaired) electrons. The van der Waals surface area contributed by atoms with E-state index in [1.165, 1.54) is 6.07 Å². The van der Waals surface area contributed by atoms with Crippen LogP contribution < -0.4 is 14.8 Å². The molecule has 3 heterocycles. The van der Waals surface area contributed by atoms with Crippen LogP contribution in [0.25, 0.3) is 5.69 Å². The van der Waals surface area contributed by atoms with E-state index in [1.807, 2.05) is 18.2 Å². The highest BCUT2D eigenvalue weighted by Crippen LogP contribution is 2.41. The molecule has 2 aromatic carbocycles. The number of para-hydroxylation sites is 1. The normalized spacial score (nSPS) is 16.8. The van der Waals surface area contributed by atoms with Gasteiger partial charge in [-0.3, -0.25) is 4.79 Å². The van der Waals surface area contributed by atoms with Crippen molar-refractivity contribution >= 4 is 5.91 Å². The second-order valence-corrected chi connectivity index (χ2v) is 8.75. The minimum Gasteiger partial charge on any atom is -0.454 e. The summed E-state index contributed by atoms with van der Waals surface area (Å²) in [7, 11) is 0. The third-order valence-corrected chi connectivity index (χ3v) is 6.65. The summed E-state index contributed by atoms with van der Waals surface area (Å²) in [5.41, 5.74) is -0.351. The average molecular weight is 487 g/mol. The van der Waals surface area contributed by atoms with E-state index in [1.54, 1.807) is 25.1 Å². The van der Waals surface area contributed by atoms with Crippen LogP contribution in [0.3, 0.4) is 0 Å². The summed E-state index contributed by atoms with van der Waals surface area (Å²) < 4.78 is 59.5. The molecule has 0 bridgehead atoms. The Balaban J connectivity index is 1.44. The van der Waals surface area contributed by atoms with E-state index in [9.17, 15) is 18.0 Å². The lowest BCUT2D eigenvalue weighted by Gasteiger charge is -2.38. The zero-order valence-electron chi connectivity index (χ0n) is 19.0. The summed E-state index contributed by atoms with van der Waals surface area (Å²) in [5, 5.41) is 6.68. The van der Waals surface area contributed by atoms with Crippen molar-refractivity contribution < 1.29 is 32.2 Å². The van der Waals surface area contributed by atoms with Gasteiger partial charge in [-0.05, 0) is 49.1 Å². The lowest BCUT2D eigenvalue weighted by Crippen LogP contribution is -2.44. The van der Waals surface area contributed by atoms with E-state index >= 15 is 0 Å². The SMILES string of the molecule is Cc1ccccc1-n1ncc(C(=O)NCC2(c3ccc4c(c3)OCO4)CCOCC2)c1C(F)(F)F. The number of halogens is 3. The van der Waals surface area contributed by atoms with Crippen molar-refractivity contribution in [3.05, 3.63) is 71.0 Å². The first-order valence-electron chi connectivity index (χ1n) is 11.3. The number of carbonyl (C=O) groups is 1. The van der Waals surface area contributed by atoms with Gasteiger partial charge in [0.05, 0.1) is 17.4 Å². The Labute approximate surface area is 199 Å². The highest BCUT2D eigenvalue weighted by Gasteiger charge is 2.42. The molecule has 0 spiro atoms. The Morgan fingerprint density at radius 1 is 1.11 bits per heavy atom. The van der Waals surface area contributed by atoms with Crippen LogP contribution in [-0.4, -0.2) is 42.2 Å². The van der Waals surface area contributed by atoms with Crippen LogP contribution in [0.15, 0.2) is 48.7 Å². The van der Waals surface area contributed by atoms with Gasteiger partial charge in [0.2, 0.25) is 6.79 Å². The van der Waals surface area contributed by atoms with Crippen LogP contribution in [0, 0.1) is 6.92 Å². The molecule has 2 aliphatic heterocycles. The van der Waals surface area contributed by atoms with Crippen molar-refractivity contribution in [3.63, 3.8) is 0 Å². The van der Waals surface area contributed by atoms with Gasteiger partial charge < -0.3 is 19.5 Å². The van der Waals surface area contributed by atoms with Crippen LogP contribution in [0.5, 0.6) is 11.5 Å². The molecule has 1 fully saturated rings. The molecule has 0 unspecified atom stereocenters. The van der Waals surface area contributed by atoms with E-state index in [-0.39, 0.29) is 19.0 Å². The molecule has 184 valence electrons. The monoisotopic (exact) mass is 487 g/mol. The number of aromatic nitrogens is 2. The van der Waals surface area contributed by atoms with Gasteiger partial charge in [0.1, 0.15) is 0 Å². The quantitative estimate of drug-likeness (QED) is 0.577. The number of hydrogen-bond donors (Lipinski definition) is 1. The Kier molecular flexibility index (Phi) is 5.92. The van der Waals surface area contributed by atoms with Crippen molar-refractivity contribution in [3.8, 4) is 17.2 Å². The van der Waals surface area contributed by atoms with Gasteiger partial charge in [-0.2, -0.15) is 18.3 Å². The molecule has 0 atom stereocenters. The van der Waals surface area contributed by atoms with Crippen LogP contribution in [0.2, 0.25) is 0 Å². The summed E-state index contributed by atoms with van der Waals surface area (Å²) in [6.07, 6.45) is -2.61. The number of ether oxygens (including phenoxy) is 3. The highest BCUT2D eigenvalue weighted by atomic mass is 19.4. The van der Waals surface area contributed by atoms with Crippen LogP contribution >= 0.6 is 0 Å². The molecule has 7 nitrogen and oxygen atoms in total. The molecule has 35 heavy (non-hydrogen) atoms. The smallest absolute Gasteiger partial charge is 0.434 e. The maximum atomic E-state index is 14.1. The third kappa shape index (κ3) is 4.34. The molecular formula is C25H24F3N3O4. The van der Waals surface area contributed by atoms with E-state index in [2.05, 4.69) is 10.4 Å². The lowest BCUT2D eigenvalue weighted by molar-refractivity contribution is -0.143. The molecule has 1 aromatic heterocycles. The van der Waals surface area contributed by atoms with Crippen LogP contribution in [-0.2, 0) is 16.3 Å². The maximum absolute atomic E-state index is 14.1. The topological polar surface area (TPSA) is 74.6 Å². The van der Waals surface area contributed by atoms with Gasteiger partial charge in [0.15, 0.2) is 17.2 Å². The summed E-state index contributed by atoms with van der Waals surface area (Å²) in [5.74, 6) is 0.417.